The first-order valence-electron chi connectivity index (χ1n) is 13.7. The quantitative estimate of drug-likeness (QED) is 0.222. The number of benzene rings is 4. The van der Waals surface area contributed by atoms with Gasteiger partial charge in [-0.15, -0.1) is 0 Å². The topological polar surface area (TPSA) is 72.9 Å². The van der Waals surface area contributed by atoms with E-state index in [-0.39, 0.29) is 5.78 Å². The Hall–Kier alpha value is -4.55. The summed E-state index contributed by atoms with van der Waals surface area (Å²) >= 11 is 0. The number of carbonyl (C=O) groups is 1. The van der Waals surface area contributed by atoms with Gasteiger partial charge in [0.2, 0.25) is 0 Å². The second-order valence-corrected chi connectivity index (χ2v) is 10.3. The highest BCUT2D eigenvalue weighted by Crippen LogP contribution is 2.31. The van der Waals surface area contributed by atoms with Crippen LogP contribution in [0.1, 0.15) is 40.7 Å². The first-order valence-corrected chi connectivity index (χ1v) is 13.7. The molecule has 2 heterocycles. The molecule has 0 bridgehead atoms. The van der Waals surface area contributed by atoms with Gasteiger partial charge >= 0.3 is 0 Å². The van der Waals surface area contributed by atoms with E-state index in [1.807, 2.05) is 42.5 Å². The number of para-hydroxylation sites is 2. The van der Waals surface area contributed by atoms with E-state index in [9.17, 15) is 9.90 Å². The van der Waals surface area contributed by atoms with Crippen LogP contribution in [0.3, 0.4) is 0 Å². The summed E-state index contributed by atoms with van der Waals surface area (Å²) in [5.74, 6) is 1.74. The predicted octanol–water partition coefficient (Wildman–Crippen LogP) is 6.74. The number of aliphatic hydroxyl groups is 1. The number of aryl methyl sites for hydroxylation is 3. The molecular formula is C34H32N4O2. The lowest BCUT2D eigenvalue weighted by atomic mass is 9.96. The molecule has 4 aromatic carbocycles. The van der Waals surface area contributed by atoms with Gasteiger partial charge in [-0.05, 0) is 59.9 Å². The van der Waals surface area contributed by atoms with Gasteiger partial charge in [-0.25, -0.2) is 9.97 Å². The summed E-state index contributed by atoms with van der Waals surface area (Å²) in [5, 5.41) is 9.40. The maximum absolute atomic E-state index is 12.3. The zero-order valence-corrected chi connectivity index (χ0v) is 23.1. The number of aromatic nitrogens is 4. The van der Waals surface area contributed by atoms with Crippen molar-refractivity contribution in [2.45, 2.75) is 33.2 Å². The third-order valence-electron chi connectivity index (χ3n) is 7.62. The van der Waals surface area contributed by atoms with Crippen LogP contribution in [0.2, 0.25) is 0 Å². The average molecular weight is 529 g/mol. The maximum Gasteiger partial charge on any atom is 0.188 e. The Kier molecular flexibility index (Phi) is 6.78. The summed E-state index contributed by atoms with van der Waals surface area (Å²) in [5.41, 5.74) is 9.90. The molecule has 0 saturated carbocycles. The van der Waals surface area contributed by atoms with E-state index >= 15 is 0 Å². The summed E-state index contributed by atoms with van der Waals surface area (Å²) in [6.45, 7) is 4.50. The Balaban J connectivity index is 1.41. The Morgan fingerprint density at radius 2 is 1.62 bits per heavy atom. The van der Waals surface area contributed by atoms with Gasteiger partial charge in [-0.2, -0.15) is 0 Å². The molecule has 0 fully saturated rings. The minimum Gasteiger partial charge on any atom is -0.388 e. The second kappa shape index (κ2) is 10.5. The standard InChI is InChI=1S/C34H32N4O2/c1-4-9-32-36-33-22(2)18-25(34-35-28-12-7-8-13-29(28)37(34)3)19-30(33)38(32)20-23-14-16-24(17-15-23)26-10-5-6-11-27(26)31(40)21-39/h5-8,10-19,39H,4,9,20-21H2,1-3H3. The Labute approximate surface area is 233 Å². The molecule has 2 aromatic heterocycles. The van der Waals surface area contributed by atoms with Crippen LogP contribution in [0.15, 0.2) is 84.9 Å². The normalized spacial score (nSPS) is 11.5. The van der Waals surface area contributed by atoms with Crippen LogP contribution >= 0.6 is 0 Å². The zero-order valence-electron chi connectivity index (χ0n) is 23.1. The number of hydrogen-bond acceptors (Lipinski definition) is 4. The zero-order chi connectivity index (χ0) is 27.8. The number of carbonyl (C=O) groups excluding carboxylic acids is 1. The second-order valence-electron chi connectivity index (χ2n) is 10.3. The number of hydrogen-bond donors (Lipinski definition) is 1. The van der Waals surface area contributed by atoms with Gasteiger partial charge in [0.25, 0.3) is 0 Å². The van der Waals surface area contributed by atoms with E-state index in [2.05, 4.69) is 66.4 Å². The fourth-order valence-corrected chi connectivity index (χ4v) is 5.60. The van der Waals surface area contributed by atoms with Crippen molar-refractivity contribution in [1.29, 1.82) is 0 Å². The van der Waals surface area contributed by atoms with Gasteiger partial charge in [0.05, 0.1) is 22.1 Å². The number of Topliss-reactive ketones (excluding diaryl/α,β-unsaturated/α-hetero) is 1. The van der Waals surface area contributed by atoms with Gasteiger partial charge in [0.1, 0.15) is 18.3 Å². The summed E-state index contributed by atoms with van der Waals surface area (Å²) in [7, 11) is 2.07. The number of rotatable bonds is 8. The molecule has 0 aliphatic carbocycles. The molecule has 0 amide bonds. The maximum atomic E-state index is 12.3. The Morgan fingerprint density at radius 3 is 2.38 bits per heavy atom. The van der Waals surface area contributed by atoms with Crippen molar-refractivity contribution in [2.75, 3.05) is 6.61 Å². The molecular weight excluding hydrogens is 496 g/mol. The summed E-state index contributed by atoms with van der Waals surface area (Å²) in [6, 6.07) is 28.4. The van der Waals surface area contributed by atoms with E-state index in [1.165, 1.54) is 0 Å². The van der Waals surface area contributed by atoms with Crippen molar-refractivity contribution in [3.63, 3.8) is 0 Å². The molecule has 6 rings (SSSR count). The van der Waals surface area contributed by atoms with E-state index in [4.69, 9.17) is 9.97 Å². The van der Waals surface area contributed by atoms with E-state index in [0.717, 1.165) is 74.4 Å². The third-order valence-corrected chi connectivity index (χ3v) is 7.62. The lowest BCUT2D eigenvalue weighted by Crippen LogP contribution is -2.06. The van der Waals surface area contributed by atoms with Crippen molar-refractivity contribution in [1.82, 2.24) is 19.1 Å². The van der Waals surface area contributed by atoms with Crippen molar-refractivity contribution in [2.24, 2.45) is 7.05 Å². The lowest BCUT2D eigenvalue weighted by molar-refractivity contribution is 0.0904. The van der Waals surface area contributed by atoms with Gasteiger partial charge in [-0.3, -0.25) is 4.79 Å². The average Bonchev–Trinajstić information content (AvgIpc) is 3.50. The SMILES string of the molecule is CCCc1nc2c(C)cc(-c3nc4ccccc4n3C)cc2n1Cc1ccc(-c2ccccc2C(=O)CO)cc1. The smallest absolute Gasteiger partial charge is 0.188 e. The first kappa shape index (κ1) is 25.7. The van der Waals surface area contributed by atoms with Crippen molar-refractivity contribution in [3.05, 3.63) is 107 Å². The fourth-order valence-electron chi connectivity index (χ4n) is 5.60. The molecule has 0 atom stereocenters. The van der Waals surface area contributed by atoms with Crippen LogP contribution in [-0.2, 0) is 20.0 Å². The molecule has 0 radical (unpaired) electrons. The van der Waals surface area contributed by atoms with Crippen molar-refractivity contribution < 1.29 is 9.90 Å². The lowest BCUT2D eigenvalue weighted by Gasteiger charge is -2.12. The highest BCUT2D eigenvalue weighted by molar-refractivity contribution is 6.03. The van der Waals surface area contributed by atoms with Crippen LogP contribution < -0.4 is 0 Å². The third kappa shape index (κ3) is 4.50. The minimum atomic E-state index is -0.501. The van der Waals surface area contributed by atoms with Gasteiger partial charge < -0.3 is 14.2 Å². The van der Waals surface area contributed by atoms with Gasteiger partial charge in [0.15, 0.2) is 5.78 Å². The van der Waals surface area contributed by atoms with Gasteiger partial charge in [-0.1, -0.05) is 67.6 Å². The van der Waals surface area contributed by atoms with Crippen molar-refractivity contribution in [3.8, 4) is 22.5 Å². The van der Waals surface area contributed by atoms with Crippen LogP contribution in [0.5, 0.6) is 0 Å². The highest BCUT2D eigenvalue weighted by atomic mass is 16.3. The van der Waals surface area contributed by atoms with Crippen LogP contribution in [0, 0.1) is 6.92 Å². The van der Waals surface area contributed by atoms with E-state index in [0.29, 0.717) is 12.1 Å². The number of fused-ring (bicyclic) bond motifs is 2. The van der Waals surface area contributed by atoms with Gasteiger partial charge in [0, 0.05) is 31.1 Å². The molecule has 6 nitrogen and oxygen atoms in total. The fraction of sp³-hybridized carbons (Fsp3) is 0.206. The first-order chi connectivity index (χ1) is 19.5. The molecule has 6 heteroatoms. The summed E-state index contributed by atoms with van der Waals surface area (Å²) in [4.78, 5) is 22.3. The number of imidazole rings is 2. The Morgan fingerprint density at radius 1 is 0.875 bits per heavy atom. The van der Waals surface area contributed by atoms with Crippen LogP contribution in [0.4, 0.5) is 0 Å². The van der Waals surface area contributed by atoms with E-state index < -0.39 is 6.61 Å². The number of nitrogens with zero attached hydrogens (tertiary/aromatic N) is 4. The molecule has 1 N–H and O–H groups in total. The molecule has 0 saturated heterocycles. The molecule has 0 unspecified atom stereocenters. The minimum absolute atomic E-state index is 0.277. The molecule has 0 aliphatic rings. The highest BCUT2D eigenvalue weighted by Gasteiger charge is 2.17. The van der Waals surface area contributed by atoms with Crippen LogP contribution in [0.25, 0.3) is 44.6 Å². The van der Waals surface area contributed by atoms with Crippen molar-refractivity contribution >= 4 is 27.9 Å². The summed E-state index contributed by atoms with van der Waals surface area (Å²) < 4.78 is 4.48. The molecule has 6 aromatic rings. The predicted molar refractivity (Wildman–Crippen MR) is 161 cm³/mol. The largest absolute Gasteiger partial charge is 0.388 e. The number of ketones is 1. The van der Waals surface area contributed by atoms with Crippen LogP contribution in [-0.4, -0.2) is 36.6 Å². The molecule has 40 heavy (non-hydrogen) atoms. The van der Waals surface area contributed by atoms with E-state index in [1.54, 1.807) is 6.07 Å². The molecule has 0 spiro atoms. The number of aliphatic hydroxyl groups excluding tert-OH is 1. The summed E-state index contributed by atoms with van der Waals surface area (Å²) in [6.07, 6.45) is 1.90. The molecule has 200 valence electrons. The Bertz CT molecular complexity index is 1860. The monoisotopic (exact) mass is 528 g/mol. The molecule has 0 aliphatic heterocycles.